The maximum atomic E-state index is 5.53. The van der Waals surface area contributed by atoms with E-state index < -0.39 is 0 Å². The van der Waals surface area contributed by atoms with Crippen molar-refractivity contribution in [3.63, 3.8) is 0 Å². The third-order valence-electron chi connectivity index (χ3n) is 4.70. The van der Waals surface area contributed by atoms with E-state index in [0.717, 1.165) is 48.0 Å². The highest BCUT2D eigenvalue weighted by atomic mass is 32.1. The lowest BCUT2D eigenvalue weighted by atomic mass is 10.1. The SMILES string of the molecule is c1ccc2sc(CN3CCC(c4nc(-c5ccncc5)no4)C3)nc2c1. The van der Waals surface area contributed by atoms with Gasteiger partial charge in [-0.15, -0.1) is 11.3 Å². The molecule has 1 aliphatic rings. The Morgan fingerprint density at radius 2 is 2.00 bits per heavy atom. The molecule has 7 heteroatoms. The van der Waals surface area contributed by atoms with Crippen LogP contribution in [0.5, 0.6) is 0 Å². The fourth-order valence-electron chi connectivity index (χ4n) is 3.38. The lowest BCUT2D eigenvalue weighted by Crippen LogP contribution is -2.19. The average Bonchev–Trinajstić information content (AvgIpc) is 3.41. The van der Waals surface area contributed by atoms with Crippen LogP contribution in [0.2, 0.25) is 0 Å². The number of para-hydroxylation sites is 1. The van der Waals surface area contributed by atoms with Gasteiger partial charge >= 0.3 is 0 Å². The van der Waals surface area contributed by atoms with E-state index in [2.05, 4.69) is 38.2 Å². The molecule has 0 spiro atoms. The van der Waals surface area contributed by atoms with Crippen molar-refractivity contribution in [1.82, 2.24) is 25.0 Å². The second kappa shape index (κ2) is 6.59. The number of rotatable bonds is 4. The normalized spacial score (nSPS) is 17.9. The van der Waals surface area contributed by atoms with Crippen molar-refractivity contribution in [3.05, 3.63) is 59.7 Å². The first-order chi connectivity index (χ1) is 12.8. The van der Waals surface area contributed by atoms with Crippen LogP contribution in [0, 0.1) is 0 Å². The summed E-state index contributed by atoms with van der Waals surface area (Å²) in [6, 6.07) is 12.1. The minimum atomic E-state index is 0.285. The molecule has 1 saturated heterocycles. The zero-order valence-corrected chi connectivity index (χ0v) is 14.9. The molecule has 0 radical (unpaired) electrons. The van der Waals surface area contributed by atoms with Crippen molar-refractivity contribution in [3.8, 4) is 11.4 Å². The molecule has 1 aliphatic heterocycles. The van der Waals surface area contributed by atoms with Crippen LogP contribution < -0.4 is 0 Å². The van der Waals surface area contributed by atoms with E-state index in [4.69, 9.17) is 9.51 Å². The van der Waals surface area contributed by atoms with Gasteiger partial charge in [-0.3, -0.25) is 9.88 Å². The number of hydrogen-bond donors (Lipinski definition) is 0. The summed E-state index contributed by atoms with van der Waals surface area (Å²) >= 11 is 1.77. The van der Waals surface area contributed by atoms with Gasteiger partial charge < -0.3 is 4.52 Å². The average molecular weight is 363 g/mol. The Kier molecular flexibility index (Phi) is 3.95. The van der Waals surface area contributed by atoms with Crippen molar-refractivity contribution >= 4 is 21.6 Å². The van der Waals surface area contributed by atoms with Crippen LogP contribution in [0.4, 0.5) is 0 Å². The standard InChI is InChI=1S/C19H17N5OS/c1-2-4-16-15(3-1)21-17(26-16)12-24-10-7-14(11-24)19-22-18(23-25-19)13-5-8-20-9-6-13/h1-6,8-9,14H,7,10-12H2. The summed E-state index contributed by atoms with van der Waals surface area (Å²) in [6.07, 6.45) is 4.50. The van der Waals surface area contributed by atoms with E-state index in [1.807, 2.05) is 18.2 Å². The number of hydrogen-bond acceptors (Lipinski definition) is 7. The number of thiazole rings is 1. The zero-order chi connectivity index (χ0) is 17.3. The van der Waals surface area contributed by atoms with Crippen LogP contribution >= 0.6 is 11.3 Å². The first-order valence-electron chi connectivity index (χ1n) is 8.66. The maximum absolute atomic E-state index is 5.53. The highest BCUT2D eigenvalue weighted by Crippen LogP contribution is 2.30. The molecule has 4 heterocycles. The van der Waals surface area contributed by atoms with E-state index in [-0.39, 0.29) is 5.92 Å². The number of benzene rings is 1. The molecule has 0 bridgehead atoms. The molecule has 6 nitrogen and oxygen atoms in total. The maximum Gasteiger partial charge on any atom is 0.231 e. The summed E-state index contributed by atoms with van der Waals surface area (Å²) in [5, 5.41) is 5.29. The Morgan fingerprint density at radius 1 is 1.12 bits per heavy atom. The van der Waals surface area contributed by atoms with Gasteiger partial charge in [-0.05, 0) is 37.2 Å². The third kappa shape index (κ3) is 3.00. The lowest BCUT2D eigenvalue weighted by molar-refractivity contribution is 0.309. The van der Waals surface area contributed by atoms with Gasteiger partial charge in [0, 0.05) is 24.5 Å². The van der Waals surface area contributed by atoms with Crippen molar-refractivity contribution in [2.45, 2.75) is 18.9 Å². The summed E-state index contributed by atoms with van der Waals surface area (Å²) in [5.74, 6) is 1.64. The molecule has 0 N–H and O–H groups in total. The number of aromatic nitrogens is 4. The predicted molar refractivity (Wildman–Crippen MR) is 99.8 cm³/mol. The van der Waals surface area contributed by atoms with Crippen molar-refractivity contribution < 1.29 is 4.52 Å². The minimum Gasteiger partial charge on any atom is -0.339 e. The fraction of sp³-hybridized carbons (Fsp3) is 0.263. The molecule has 5 rings (SSSR count). The Bertz CT molecular complexity index is 996. The molecule has 3 aromatic heterocycles. The van der Waals surface area contributed by atoms with Gasteiger partial charge in [-0.1, -0.05) is 17.3 Å². The Hall–Kier alpha value is -2.64. The highest BCUT2D eigenvalue weighted by Gasteiger charge is 2.29. The molecule has 130 valence electrons. The number of nitrogens with zero attached hydrogens (tertiary/aromatic N) is 5. The molecule has 4 aromatic rings. The summed E-state index contributed by atoms with van der Waals surface area (Å²) in [6.45, 7) is 2.82. The fourth-order valence-corrected chi connectivity index (χ4v) is 4.39. The van der Waals surface area contributed by atoms with Crippen LogP contribution in [0.25, 0.3) is 21.6 Å². The number of fused-ring (bicyclic) bond motifs is 1. The Balaban J connectivity index is 1.28. The molecule has 0 amide bonds. The summed E-state index contributed by atoms with van der Waals surface area (Å²) in [4.78, 5) is 15.8. The van der Waals surface area contributed by atoms with Gasteiger partial charge in [0.2, 0.25) is 11.7 Å². The van der Waals surface area contributed by atoms with Crippen molar-refractivity contribution in [1.29, 1.82) is 0 Å². The van der Waals surface area contributed by atoms with E-state index in [0.29, 0.717) is 5.82 Å². The summed E-state index contributed by atoms with van der Waals surface area (Å²) in [5.41, 5.74) is 2.02. The quantitative estimate of drug-likeness (QED) is 0.550. The van der Waals surface area contributed by atoms with Crippen molar-refractivity contribution in [2.75, 3.05) is 13.1 Å². The van der Waals surface area contributed by atoms with Crippen LogP contribution in [0.3, 0.4) is 0 Å². The smallest absolute Gasteiger partial charge is 0.231 e. The first-order valence-corrected chi connectivity index (χ1v) is 9.47. The van der Waals surface area contributed by atoms with Gasteiger partial charge in [0.05, 0.1) is 22.7 Å². The van der Waals surface area contributed by atoms with Crippen LogP contribution in [0.1, 0.15) is 23.2 Å². The van der Waals surface area contributed by atoms with E-state index in [1.165, 1.54) is 4.70 Å². The zero-order valence-electron chi connectivity index (χ0n) is 14.1. The second-order valence-electron chi connectivity index (χ2n) is 6.49. The van der Waals surface area contributed by atoms with Gasteiger partial charge in [0.15, 0.2) is 0 Å². The molecule has 1 fully saturated rings. The highest BCUT2D eigenvalue weighted by molar-refractivity contribution is 7.18. The molecule has 26 heavy (non-hydrogen) atoms. The number of likely N-dealkylation sites (tertiary alicyclic amines) is 1. The van der Waals surface area contributed by atoms with Gasteiger partial charge in [-0.25, -0.2) is 4.98 Å². The third-order valence-corrected chi connectivity index (χ3v) is 5.72. The topological polar surface area (TPSA) is 67.9 Å². The predicted octanol–water partition coefficient (Wildman–Crippen LogP) is 3.73. The molecule has 1 aromatic carbocycles. The Morgan fingerprint density at radius 3 is 2.88 bits per heavy atom. The molecule has 0 aliphatic carbocycles. The summed E-state index contributed by atoms with van der Waals surface area (Å²) in [7, 11) is 0. The monoisotopic (exact) mass is 363 g/mol. The van der Waals surface area contributed by atoms with Gasteiger partial charge in [0.25, 0.3) is 0 Å². The van der Waals surface area contributed by atoms with Crippen molar-refractivity contribution in [2.24, 2.45) is 0 Å². The van der Waals surface area contributed by atoms with Gasteiger partial charge in [0.1, 0.15) is 5.01 Å². The van der Waals surface area contributed by atoms with Crippen LogP contribution in [-0.4, -0.2) is 38.1 Å². The molecule has 1 atom stereocenters. The molecular weight excluding hydrogens is 346 g/mol. The molecule has 1 unspecified atom stereocenters. The molecular formula is C19H17N5OS. The van der Waals surface area contributed by atoms with Crippen LogP contribution in [0.15, 0.2) is 53.3 Å². The minimum absolute atomic E-state index is 0.285. The van der Waals surface area contributed by atoms with Gasteiger partial charge in [-0.2, -0.15) is 4.98 Å². The van der Waals surface area contributed by atoms with Crippen LogP contribution in [-0.2, 0) is 6.54 Å². The van der Waals surface area contributed by atoms with E-state index in [1.54, 1.807) is 23.7 Å². The second-order valence-corrected chi connectivity index (χ2v) is 7.60. The van der Waals surface area contributed by atoms with E-state index in [9.17, 15) is 0 Å². The Labute approximate surface area is 154 Å². The largest absolute Gasteiger partial charge is 0.339 e. The first kappa shape index (κ1) is 15.6. The molecule has 0 saturated carbocycles. The lowest BCUT2D eigenvalue weighted by Gasteiger charge is -2.12. The summed E-state index contributed by atoms with van der Waals surface area (Å²) < 4.78 is 6.78. The number of pyridine rings is 1. The van der Waals surface area contributed by atoms with E-state index >= 15 is 0 Å².